The molecule has 3 nitrogen and oxygen atoms in total. The van der Waals surface area contributed by atoms with Crippen molar-refractivity contribution < 1.29 is 14.3 Å². The molecule has 0 fully saturated rings. The minimum atomic E-state index is -1.35. The zero-order chi connectivity index (χ0) is 19.6. The van der Waals surface area contributed by atoms with Crippen molar-refractivity contribution in [3.05, 3.63) is 103 Å². The second-order valence-corrected chi connectivity index (χ2v) is 7.06. The number of benzene rings is 5. The predicted octanol–water partition coefficient (Wildman–Crippen LogP) is 5.72. The monoisotopic (exact) mass is 378 g/mol. The minimum absolute atomic E-state index is 0.276. The van der Waals surface area contributed by atoms with Crippen molar-refractivity contribution >= 4 is 39.6 Å². The first-order chi connectivity index (χ1) is 14.3. The van der Waals surface area contributed by atoms with E-state index in [1.807, 2.05) is 60.7 Å². The molecule has 0 atom stereocenters. The zero-order valence-electron chi connectivity index (χ0n) is 15.8. The first-order valence-corrected chi connectivity index (χ1v) is 9.62. The van der Waals surface area contributed by atoms with Crippen LogP contribution in [0.1, 0.15) is 5.56 Å². The van der Waals surface area contributed by atoms with Crippen LogP contribution in [0.5, 0.6) is 5.75 Å². The second-order valence-electron chi connectivity index (χ2n) is 7.06. The van der Waals surface area contributed by atoms with Gasteiger partial charge in [-0.15, -0.1) is 0 Å². The topological polar surface area (TPSA) is 38.7 Å². The Morgan fingerprint density at radius 3 is 2.17 bits per heavy atom. The van der Waals surface area contributed by atoms with Gasteiger partial charge in [0.2, 0.25) is 0 Å². The molecule has 0 amide bonds. The van der Waals surface area contributed by atoms with Gasteiger partial charge in [-0.1, -0.05) is 78.9 Å². The van der Waals surface area contributed by atoms with E-state index in [2.05, 4.69) is 36.4 Å². The molecule has 29 heavy (non-hydrogen) atoms. The lowest BCUT2D eigenvalue weighted by atomic mass is 9.97. The molecular weight excluding hydrogens is 359 g/mol. The fourth-order valence-electron chi connectivity index (χ4n) is 3.75. The van der Waals surface area contributed by atoms with Crippen molar-refractivity contribution in [1.82, 2.24) is 0 Å². The maximum absolute atomic E-state index is 10.3. The lowest BCUT2D eigenvalue weighted by Crippen LogP contribution is -2.26. The Hall–Kier alpha value is -3.34. The summed E-state index contributed by atoms with van der Waals surface area (Å²) in [5.74, 6) is 0.601. The van der Waals surface area contributed by atoms with E-state index in [1.54, 1.807) is 0 Å². The number of rotatable bonds is 5. The van der Waals surface area contributed by atoms with Gasteiger partial charge in [-0.2, -0.15) is 0 Å². The summed E-state index contributed by atoms with van der Waals surface area (Å²) < 4.78 is 11.3. The highest BCUT2D eigenvalue weighted by Gasteiger charge is 2.20. The summed E-state index contributed by atoms with van der Waals surface area (Å²) >= 11 is 0. The van der Waals surface area contributed by atoms with Crippen LogP contribution in [0.25, 0.3) is 32.3 Å². The maximum atomic E-state index is 10.3. The molecule has 0 aromatic heterocycles. The van der Waals surface area contributed by atoms with E-state index in [4.69, 9.17) is 9.31 Å². The van der Waals surface area contributed by atoms with Crippen LogP contribution < -0.4 is 4.65 Å². The predicted molar refractivity (Wildman–Crippen MR) is 119 cm³/mol. The molecule has 0 aliphatic carbocycles. The summed E-state index contributed by atoms with van der Waals surface area (Å²) in [5, 5.41) is 16.9. The van der Waals surface area contributed by atoms with Crippen molar-refractivity contribution in [2.75, 3.05) is 0 Å². The molecule has 1 N–H and O–H groups in total. The van der Waals surface area contributed by atoms with Crippen LogP contribution in [0.2, 0.25) is 0 Å². The summed E-state index contributed by atoms with van der Waals surface area (Å²) in [6.45, 7) is 0.276. The van der Waals surface area contributed by atoms with Crippen molar-refractivity contribution in [2.24, 2.45) is 0 Å². The lowest BCUT2D eigenvalue weighted by Gasteiger charge is -2.14. The lowest BCUT2D eigenvalue weighted by molar-refractivity contribution is 0.185. The Morgan fingerprint density at radius 1 is 0.655 bits per heavy atom. The summed E-state index contributed by atoms with van der Waals surface area (Å²) in [5.41, 5.74) is 0.977. The molecule has 0 saturated heterocycles. The van der Waals surface area contributed by atoms with Crippen molar-refractivity contribution in [3.63, 3.8) is 0 Å². The molecule has 140 valence electrons. The zero-order valence-corrected chi connectivity index (χ0v) is 15.8. The fraction of sp³-hybridized carbons (Fsp3) is 0.0400. The van der Waals surface area contributed by atoms with E-state index in [-0.39, 0.29) is 6.61 Å². The van der Waals surface area contributed by atoms with Crippen LogP contribution >= 0.6 is 0 Å². The molecule has 0 spiro atoms. The summed E-state index contributed by atoms with van der Waals surface area (Å²) in [7, 11) is -1.35. The molecule has 5 rings (SSSR count). The van der Waals surface area contributed by atoms with E-state index < -0.39 is 7.32 Å². The molecule has 5 aromatic carbocycles. The van der Waals surface area contributed by atoms with Crippen LogP contribution in [-0.4, -0.2) is 12.3 Å². The van der Waals surface area contributed by atoms with E-state index >= 15 is 0 Å². The highest BCUT2D eigenvalue weighted by atomic mass is 16.7. The van der Waals surface area contributed by atoms with Gasteiger partial charge in [-0.05, 0) is 50.7 Å². The van der Waals surface area contributed by atoms with Gasteiger partial charge in [-0.25, -0.2) is 0 Å². The molecule has 0 heterocycles. The van der Waals surface area contributed by atoms with Crippen LogP contribution in [-0.2, 0) is 11.3 Å². The Balaban J connectivity index is 1.52. The Bertz CT molecular complexity index is 1300. The van der Waals surface area contributed by atoms with Crippen LogP contribution in [0.3, 0.4) is 0 Å². The molecule has 5 aromatic rings. The van der Waals surface area contributed by atoms with Crippen LogP contribution in [0.4, 0.5) is 0 Å². The molecule has 4 heteroatoms. The van der Waals surface area contributed by atoms with E-state index in [0.29, 0.717) is 5.75 Å². The number of fused-ring (bicyclic) bond motifs is 4. The summed E-state index contributed by atoms with van der Waals surface area (Å²) in [6.07, 6.45) is 0. The molecule has 0 aliphatic rings. The average molecular weight is 378 g/mol. The van der Waals surface area contributed by atoms with E-state index in [9.17, 15) is 5.02 Å². The van der Waals surface area contributed by atoms with Gasteiger partial charge in [0.25, 0.3) is 0 Å². The smallest absolute Gasteiger partial charge is 0.511 e. The summed E-state index contributed by atoms with van der Waals surface area (Å²) in [6, 6.07) is 32.4. The minimum Gasteiger partial charge on any atom is -0.511 e. The second kappa shape index (κ2) is 7.59. The van der Waals surface area contributed by atoms with Gasteiger partial charge in [0.05, 0.1) is 6.61 Å². The van der Waals surface area contributed by atoms with Gasteiger partial charge in [0, 0.05) is 5.39 Å². The first kappa shape index (κ1) is 17.7. The third kappa shape index (κ3) is 3.56. The van der Waals surface area contributed by atoms with E-state index in [1.165, 1.54) is 10.8 Å². The quantitative estimate of drug-likeness (QED) is 0.242. The Kier molecular flexibility index (Phi) is 4.64. The fourth-order valence-corrected chi connectivity index (χ4v) is 3.75. The normalized spacial score (nSPS) is 11.2. The van der Waals surface area contributed by atoms with Crippen LogP contribution in [0.15, 0.2) is 97.1 Å². The Labute approximate surface area is 169 Å². The highest BCUT2D eigenvalue weighted by Crippen LogP contribution is 2.35. The third-order valence-electron chi connectivity index (χ3n) is 5.15. The standard InChI is InChI=1S/C25H19BO3/c27-26(28-17-18-7-2-1-3-8-18)29-24-12-6-11-19-13-14-22-15-20-9-4-5-10-21(20)16-23(22)25(19)24/h1-16,27H,17H2. The van der Waals surface area contributed by atoms with Gasteiger partial charge >= 0.3 is 7.32 Å². The van der Waals surface area contributed by atoms with Crippen molar-refractivity contribution in [2.45, 2.75) is 6.61 Å². The molecule has 0 aliphatic heterocycles. The summed E-state index contributed by atoms with van der Waals surface area (Å²) in [4.78, 5) is 0. The molecule has 0 unspecified atom stereocenters. The van der Waals surface area contributed by atoms with E-state index in [0.717, 1.165) is 27.1 Å². The van der Waals surface area contributed by atoms with Gasteiger partial charge in [0.15, 0.2) is 0 Å². The van der Waals surface area contributed by atoms with Gasteiger partial charge in [-0.3, -0.25) is 0 Å². The highest BCUT2D eigenvalue weighted by molar-refractivity contribution is 6.36. The van der Waals surface area contributed by atoms with Gasteiger partial charge < -0.3 is 14.3 Å². The molecule has 0 saturated carbocycles. The van der Waals surface area contributed by atoms with Crippen molar-refractivity contribution in [3.8, 4) is 5.75 Å². The Morgan fingerprint density at radius 2 is 1.34 bits per heavy atom. The first-order valence-electron chi connectivity index (χ1n) is 9.62. The number of hydrogen-bond acceptors (Lipinski definition) is 3. The van der Waals surface area contributed by atoms with Gasteiger partial charge in [0.1, 0.15) is 5.75 Å². The average Bonchev–Trinajstić information content (AvgIpc) is 2.77. The molecule has 0 bridgehead atoms. The number of hydrogen-bond donors (Lipinski definition) is 1. The van der Waals surface area contributed by atoms with Crippen molar-refractivity contribution in [1.29, 1.82) is 0 Å². The largest absolute Gasteiger partial charge is 0.710 e. The third-order valence-corrected chi connectivity index (χ3v) is 5.15. The maximum Gasteiger partial charge on any atom is 0.710 e. The SMILES string of the molecule is OB(OCc1ccccc1)Oc1cccc2ccc3cc4ccccc4cc3c12. The molecular formula is C25H19BO3. The molecule has 0 radical (unpaired) electrons. The van der Waals surface area contributed by atoms with Crippen LogP contribution in [0, 0.1) is 0 Å².